The zero-order valence-corrected chi connectivity index (χ0v) is 20.9. The van der Waals surface area contributed by atoms with Crippen molar-refractivity contribution in [2.24, 2.45) is 0 Å². The van der Waals surface area contributed by atoms with Gasteiger partial charge in [0.2, 0.25) is 0 Å². The van der Waals surface area contributed by atoms with Crippen LogP contribution in [-0.4, -0.2) is 30.1 Å². The Morgan fingerprint density at radius 1 is 0.639 bits per heavy atom. The highest BCUT2D eigenvalue weighted by Gasteiger charge is 2.11. The van der Waals surface area contributed by atoms with Crippen molar-refractivity contribution in [3.05, 3.63) is 131 Å². The first-order chi connectivity index (χ1) is 17.7. The van der Waals surface area contributed by atoms with E-state index in [1.165, 1.54) is 11.1 Å². The Morgan fingerprint density at radius 2 is 1.14 bits per heavy atom. The number of ether oxygens (including phenoxy) is 2. The van der Waals surface area contributed by atoms with Crippen LogP contribution in [0.1, 0.15) is 34.8 Å². The third kappa shape index (κ3) is 8.26. The molecular weight excluding hydrogens is 446 g/mol. The van der Waals surface area contributed by atoms with Gasteiger partial charge in [-0.2, -0.15) is 0 Å². The number of hydrogen-bond donors (Lipinski definition) is 1. The summed E-state index contributed by atoms with van der Waals surface area (Å²) in [5.41, 5.74) is 4.50. The Labute approximate surface area is 214 Å². The van der Waals surface area contributed by atoms with Crippen LogP contribution in [0.25, 0.3) is 0 Å². The smallest absolute Gasteiger partial charge is 0.119 e. The van der Waals surface area contributed by atoms with Crippen LogP contribution in [0, 0.1) is 0 Å². The number of hydrogen-bond acceptors (Lipinski definition) is 4. The lowest BCUT2D eigenvalue weighted by atomic mass is 10.1. The van der Waals surface area contributed by atoms with Gasteiger partial charge >= 0.3 is 0 Å². The van der Waals surface area contributed by atoms with Gasteiger partial charge < -0.3 is 19.5 Å². The Bertz CT molecular complexity index is 1150. The van der Waals surface area contributed by atoms with Crippen LogP contribution in [-0.2, 0) is 19.6 Å². The minimum atomic E-state index is -0.528. The molecular formula is C32H35NO3. The monoisotopic (exact) mass is 481 g/mol. The van der Waals surface area contributed by atoms with Crippen LogP contribution in [0.5, 0.6) is 11.5 Å². The summed E-state index contributed by atoms with van der Waals surface area (Å²) >= 11 is 0. The molecule has 0 saturated carbocycles. The predicted octanol–water partition coefficient (Wildman–Crippen LogP) is 6.44. The highest BCUT2D eigenvalue weighted by Crippen LogP contribution is 2.20. The first-order valence-electron chi connectivity index (χ1n) is 12.5. The minimum Gasteiger partial charge on any atom is -0.489 e. The second kappa shape index (κ2) is 13.5. The van der Waals surface area contributed by atoms with Gasteiger partial charge in [0, 0.05) is 6.54 Å². The quantitative estimate of drug-likeness (QED) is 0.239. The van der Waals surface area contributed by atoms with Crippen molar-refractivity contribution in [1.82, 2.24) is 4.90 Å². The molecule has 0 aromatic heterocycles. The Hall–Kier alpha value is -3.60. The summed E-state index contributed by atoms with van der Waals surface area (Å²) in [4.78, 5) is 2.18. The highest BCUT2D eigenvalue weighted by atomic mass is 16.5. The molecule has 4 aromatic carbocycles. The van der Waals surface area contributed by atoms with E-state index in [4.69, 9.17) is 9.47 Å². The first kappa shape index (κ1) is 25.5. The second-order valence-corrected chi connectivity index (χ2v) is 9.14. The molecule has 4 heteroatoms. The van der Waals surface area contributed by atoms with E-state index < -0.39 is 6.10 Å². The van der Waals surface area contributed by atoms with Gasteiger partial charge in [-0.15, -0.1) is 0 Å². The standard InChI is InChI=1S/C32H35NO3/c1-33(22-8-13-26-14-18-30(19-15-26)35-24-27-9-4-2-5-10-27)23-32(34)29-16-20-31(21-17-29)36-25-28-11-6-3-7-12-28/h2-7,9-12,14-21,32,34H,8,13,22-25H2,1H3/t32-/m0/s1. The zero-order chi connectivity index (χ0) is 25.0. The van der Waals surface area contributed by atoms with Gasteiger partial charge in [-0.05, 0) is 73.0 Å². The second-order valence-electron chi connectivity index (χ2n) is 9.14. The van der Waals surface area contributed by atoms with E-state index in [9.17, 15) is 5.11 Å². The Kier molecular flexibility index (Phi) is 9.54. The third-order valence-corrected chi connectivity index (χ3v) is 6.17. The largest absolute Gasteiger partial charge is 0.489 e. The molecule has 0 aliphatic rings. The van der Waals surface area contributed by atoms with Crippen LogP contribution >= 0.6 is 0 Å². The molecule has 0 amide bonds. The van der Waals surface area contributed by atoms with E-state index >= 15 is 0 Å². The van der Waals surface area contributed by atoms with Crippen molar-refractivity contribution >= 4 is 0 Å². The third-order valence-electron chi connectivity index (χ3n) is 6.17. The van der Waals surface area contributed by atoms with Crippen molar-refractivity contribution in [1.29, 1.82) is 0 Å². The molecule has 36 heavy (non-hydrogen) atoms. The van der Waals surface area contributed by atoms with Crippen molar-refractivity contribution in [2.45, 2.75) is 32.2 Å². The molecule has 0 radical (unpaired) electrons. The van der Waals surface area contributed by atoms with Crippen molar-refractivity contribution in [2.75, 3.05) is 20.1 Å². The molecule has 1 atom stereocenters. The maximum Gasteiger partial charge on any atom is 0.119 e. The number of aliphatic hydroxyl groups is 1. The Morgan fingerprint density at radius 3 is 1.67 bits per heavy atom. The van der Waals surface area contributed by atoms with E-state index in [2.05, 4.69) is 36.2 Å². The molecule has 0 aliphatic heterocycles. The number of aliphatic hydroxyl groups excluding tert-OH is 1. The summed E-state index contributed by atoms with van der Waals surface area (Å²) < 4.78 is 11.7. The van der Waals surface area contributed by atoms with Gasteiger partial charge in [0.1, 0.15) is 24.7 Å². The summed E-state index contributed by atoms with van der Waals surface area (Å²) in [5, 5.41) is 10.7. The van der Waals surface area contributed by atoms with Crippen LogP contribution in [0.15, 0.2) is 109 Å². The van der Waals surface area contributed by atoms with Crippen molar-refractivity contribution in [3.8, 4) is 11.5 Å². The topological polar surface area (TPSA) is 41.9 Å². The molecule has 4 nitrogen and oxygen atoms in total. The van der Waals surface area contributed by atoms with Crippen LogP contribution in [0.2, 0.25) is 0 Å². The molecule has 0 aliphatic carbocycles. The van der Waals surface area contributed by atoms with Gasteiger partial charge in [0.05, 0.1) is 6.10 Å². The summed E-state index contributed by atoms with van der Waals surface area (Å²) in [6.07, 6.45) is 1.49. The highest BCUT2D eigenvalue weighted by molar-refractivity contribution is 5.30. The lowest BCUT2D eigenvalue weighted by Crippen LogP contribution is -2.26. The number of nitrogens with zero attached hydrogens (tertiary/aromatic N) is 1. The average Bonchev–Trinajstić information content (AvgIpc) is 2.93. The van der Waals surface area contributed by atoms with Gasteiger partial charge in [-0.3, -0.25) is 0 Å². The van der Waals surface area contributed by atoms with Crippen molar-refractivity contribution in [3.63, 3.8) is 0 Å². The molecule has 0 bridgehead atoms. The number of aryl methyl sites for hydroxylation is 1. The summed E-state index contributed by atoms with van der Waals surface area (Å²) in [6.45, 7) is 2.63. The Balaban J connectivity index is 1.15. The first-order valence-corrected chi connectivity index (χ1v) is 12.5. The molecule has 0 spiro atoms. The fourth-order valence-corrected chi connectivity index (χ4v) is 4.07. The van der Waals surface area contributed by atoms with E-state index in [0.717, 1.165) is 42.0 Å². The number of benzene rings is 4. The summed E-state index contributed by atoms with van der Waals surface area (Å²) in [6, 6.07) is 36.4. The normalized spacial score (nSPS) is 11.9. The fourth-order valence-electron chi connectivity index (χ4n) is 4.07. The van der Waals surface area contributed by atoms with Crippen LogP contribution in [0.3, 0.4) is 0 Å². The molecule has 0 heterocycles. The van der Waals surface area contributed by atoms with Gasteiger partial charge in [0.15, 0.2) is 0 Å². The molecule has 0 fully saturated rings. The molecule has 186 valence electrons. The summed E-state index contributed by atoms with van der Waals surface area (Å²) in [5.74, 6) is 1.69. The SMILES string of the molecule is CN(CCCc1ccc(OCc2ccccc2)cc1)C[C@H](O)c1ccc(OCc2ccccc2)cc1. The average molecular weight is 482 g/mol. The molecule has 0 unspecified atom stereocenters. The lowest BCUT2D eigenvalue weighted by molar-refractivity contribution is 0.126. The van der Waals surface area contributed by atoms with Gasteiger partial charge in [0.25, 0.3) is 0 Å². The fraction of sp³-hybridized carbons (Fsp3) is 0.250. The van der Waals surface area contributed by atoms with Gasteiger partial charge in [-0.25, -0.2) is 0 Å². The van der Waals surface area contributed by atoms with E-state index in [0.29, 0.717) is 19.8 Å². The molecule has 0 saturated heterocycles. The molecule has 1 N–H and O–H groups in total. The van der Waals surface area contributed by atoms with E-state index in [1.807, 2.05) is 84.9 Å². The molecule has 4 rings (SSSR count). The predicted molar refractivity (Wildman–Crippen MR) is 145 cm³/mol. The maximum absolute atomic E-state index is 10.7. The van der Waals surface area contributed by atoms with Gasteiger partial charge in [-0.1, -0.05) is 84.9 Å². The van der Waals surface area contributed by atoms with Crippen LogP contribution < -0.4 is 9.47 Å². The molecule has 4 aromatic rings. The number of likely N-dealkylation sites (N-methyl/N-ethyl adjacent to an activating group) is 1. The van der Waals surface area contributed by atoms with E-state index in [-0.39, 0.29) is 0 Å². The number of rotatable bonds is 13. The lowest BCUT2D eigenvalue weighted by Gasteiger charge is -2.21. The maximum atomic E-state index is 10.7. The minimum absolute atomic E-state index is 0.528. The van der Waals surface area contributed by atoms with Crippen LogP contribution in [0.4, 0.5) is 0 Å². The van der Waals surface area contributed by atoms with Crippen molar-refractivity contribution < 1.29 is 14.6 Å². The summed E-state index contributed by atoms with van der Waals surface area (Å²) in [7, 11) is 2.06. The van der Waals surface area contributed by atoms with E-state index in [1.54, 1.807) is 0 Å². The zero-order valence-electron chi connectivity index (χ0n) is 20.9.